The van der Waals surface area contributed by atoms with Gasteiger partial charge >= 0.3 is 0 Å². The number of hydrogen-bond donors (Lipinski definition) is 1. The molecule has 0 radical (unpaired) electrons. The molecule has 0 saturated heterocycles. The van der Waals surface area contributed by atoms with Crippen LogP contribution >= 0.6 is 0 Å². The van der Waals surface area contributed by atoms with E-state index < -0.39 is 46.4 Å². The first kappa shape index (κ1) is 22.3. The molecule has 31 heavy (non-hydrogen) atoms. The minimum Gasteiger partial charge on any atom is -0.485 e. The van der Waals surface area contributed by atoms with Gasteiger partial charge in [-0.2, -0.15) is 0 Å². The van der Waals surface area contributed by atoms with Crippen molar-refractivity contribution in [2.45, 2.75) is 33.3 Å². The van der Waals surface area contributed by atoms with Crippen LogP contribution in [0, 0.1) is 36.0 Å². The van der Waals surface area contributed by atoms with Crippen LogP contribution in [0.3, 0.4) is 0 Å². The number of carbonyl (C=O) groups excluding carboxylic acids is 1. The number of nitrogens with one attached hydrogen (secondary N) is 1. The molecule has 1 amide bonds. The lowest BCUT2D eigenvalue weighted by Crippen LogP contribution is -2.16. The van der Waals surface area contributed by atoms with Crippen molar-refractivity contribution in [3.63, 3.8) is 0 Å². The average molecular weight is 439 g/mol. The van der Waals surface area contributed by atoms with E-state index in [0.29, 0.717) is 5.75 Å². The third-order valence-electron chi connectivity index (χ3n) is 4.49. The Morgan fingerprint density at radius 2 is 1.58 bits per heavy atom. The summed E-state index contributed by atoms with van der Waals surface area (Å²) < 4.78 is 78.2. The normalized spacial score (nSPS) is 11.1. The lowest BCUT2D eigenvalue weighted by molar-refractivity contribution is 0.0991. The molecule has 0 bridgehead atoms. The third-order valence-corrected chi connectivity index (χ3v) is 4.49. The Bertz CT molecular complexity index is 1110. The van der Waals surface area contributed by atoms with E-state index >= 15 is 0 Å². The summed E-state index contributed by atoms with van der Waals surface area (Å²) in [4.78, 5) is 12.2. The molecular weight excluding hydrogens is 421 g/mol. The molecule has 4 nitrogen and oxygen atoms in total. The van der Waals surface area contributed by atoms with Gasteiger partial charge in [0.2, 0.25) is 5.82 Å². The quantitative estimate of drug-likeness (QED) is 0.281. The molecule has 0 aliphatic rings. The van der Waals surface area contributed by atoms with Crippen LogP contribution < -0.4 is 10.1 Å². The Labute approximate surface area is 174 Å². The second-order valence-electron chi connectivity index (χ2n) is 7.15. The number of amides is 1. The summed E-state index contributed by atoms with van der Waals surface area (Å²) in [6.45, 7) is 5.88. The van der Waals surface area contributed by atoms with E-state index in [-0.39, 0.29) is 18.3 Å². The van der Waals surface area contributed by atoms with Gasteiger partial charge in [-0.25, -0.2) is 22.0 Å². The number of rotatable bonds is 6. The zero-order valence-electron chi connectivity index (χ0n) is 16.8. The number of benzene rings is 2. The monoisotopic (exact) mass is 439 g/mol. The molecule has 0 aliphatic carbocycles. The summed E-state index contributed by atoms with van der Waals surface area (Å²) in [5, 5.41) is 1.65. The number of carbonyl (C=O) groups is 1. The number of anilines is 1. The lowest BCUT2D eigenvalue weighted by atomic mass is 10.0. The molecule has 1 N–H and O–H groups in total. The van der Waals surface area contributed by atoms with Crippen LogP contribution in [0.25, 0.3) is 0 Å². The highest BCUT2D eigenvalue weighted by Crippen LogP contribution is 2.29. The first-order chi connectivity index (χ1) is 14.6. The topological polar surface area (TPSA) is 51.5 Å². The number of furan rings is 1. The second-order valence-corrected chi connectivity index (χ2v) is 7.15. The summed E-state index contributed by atoms with van der Waals surface area (Å²) in [7, 11) is 0. The first-order valence-corrected chi connectivity index (χ1v) is 9.25. The summed E-state index contributed by atoms with van der Waals surface area (Å²) in [5.41, 5.74) is 0.500. The molecule has 0 unspecified atom stereocenters. The molecule has 164 valence electrons. The molecule has 1 heterocycles. The first-order valence-electron chi connectivity index (χ1n) is 9.25. The highest BCUT2D eigenvalue weighted by molar-refractivity contribution is 6.02. The Morgan fingerprint density at radius 3 is 2.19 bits per heavy atom. The smallest absolute Gasteiger partial charge is 0.291 e. The summed E-state index contributed by atoms with van der Waals surface area (Å²) in [6.07, 6.45) is 0. The molecular formula is C22H18F5NO3. The number of halogens is 5. The highest BCUT2D eigenvalue weighted by atomic mass is 19.2. The van der Waals surface area contributed by atoms with Gasteiger partial charge in [0.25, 0.3) is 5.91 Å². The van der Waals surface area contributed by atoms with E-state index in [2.05, 4.69) is 0 Å². The maximum absolute atomic E-state index is 13.7. The van der Waals surface area contributed by atoms with E-state index in [1.54, 1.807) is 5.32 Å². The summed E-state index contributed by atoms with van der Waals surface area (Å²) >= 11 is 0. The van der Waals surface area contributed by atoms with Gasteiger partial charge < -0.3 is 14.5 Å². The highest BCUT2D eigenvalue weighted by Gasteiger charge is 2.27. The zero-order valence-corrected chi connectivity index (χ0v) is 16.8. The van der Waals surface area contributed by atoms with Crippen molar-refractivity contribution in [3.8, 4) is 5.75 Å². The second kappa shape index (κ2) is 8.79. The van der Waals surface area contributed by atoms with Crippen molar-refractivity contribution < 1.29 is 35.9 Å². The number of hydrogen-bond acceptors (Lipinski definition) is 3. The lowest BCUT2D eigenvalue weighted by Gasteiger charge is -2.14. The molecule has 3 rings (SSSR count). The van der Waals surface area contributed by atoms with Crippen LogP contribution in [0.15, 0.2) is 34.7 Å². The van der Waals surface area contributed by atoms with Crippen LogP contribution in [0.2, 0.25) is 0 Å². The van der Waals surface area contributed by atoms with Gasteiger partial charge in [0.15, 0.2) is 29.0 Å². The Balaban J connectivity index is 1.75. The molecule has 0 atom stereocenters. The molecule has 2 aromatic carbocycles. The minimum atomic E-state index is -2.32. The third kappa shape index (κ3) is 4.55. The van der Waals surface area contributed by atoms with Crippen molar-refractivity contribution in [2.24, 2.45) is 0 Å². The van der Waals surface area contributed by atoms with Crippen molar-refractivity contribution in [2.75, 3.05) is 5.32 Å². The van der Waals surface area contributed by atoms with Gasteiger partial charge in [-0.1, -0.05) is 26.0 Å². The molecule has 0 fully saturated rings. The summed E-state index contributed by atoms with van der Waals surface area (Å²) in [5.74, 6) is -11.5. The van der Waals surface area contributed by atoms with Gasteiger partial charge in [0.05, 0.1) is 0 Å². The van der Waals surface area contributed by atoms with E-state index in [0.717, 1.165) is 11.1 Å². The van der Waals surface area contributed by atoms with Gasteiger partial charge in [-0.3, -0.25) is 4.79 Å². The van der Waals surface area contributed by atoms with Crippen LogP contribution in [-0.4, -0.2) is 5.91 Å². The van der Waals surface area contributed by atoms with Gasteiger partial charge in [0.1, 0.15) is 23.8 Å². The van der Waals surface area contributed by atoms with Gasteiger partial charge in [0, 0.05) is 0 Å². The fourth-order valence-electron chi connectivity index (χ4n) is 2.86. The largest absolute Gasteiger partial charge is 0.485 e. The SMILES string of the molecule is Cc1ccc(C(C)C)c(OCc2ccc(C(=O)Nc3c(F)c(F)c(F)c(F)c3F)o2)c1. The van der Waals surface area contributed by atoms with Crippen molar-refractivity contribution in [3.05, 3.63) is 82.1 Å². The van der Waals surface area contributed by atoms with Gasteiger partial charge in [-0.15, -0.1) is 0 Å². The standard InChI is InChI=1S/C22H18F5NO3/c1-10(2)13-6-4-11(3)8-15(13)30-9-12-5-7-14(31-12)22(29)28-21-19(26)17(24)16(23)18(25)20(21)27/h4-8,10H,9H2,1-3H3,(H,28,29). The molecule has 0 spiro atoms. The van der Waals surface area contributed by atoms with Crippen molar-refractivity contribution in [1.29, 1.82) is 0 Å². The zero-order chi connectivity index (χ0) is 22.9. The van der Waals surface area contributed by atoms with E-state index in [1.165, 1.54) is 12.1 Å². The average Bonchev–Trinajstić information content (AvgIpc) is 3.21. The maximum atomic E-state index is 13.7. The fourth-order valence-corrected chi connectivity index (χ4v) is 2.86. The van der Waals surface area contributed by atoms with Crippen LogP contribution in [-0.2, 0) is 6.61 Å². The molecule has 3 aromatic rings. The molecule has 9 heteroatoms. The number of ether oxygens (including phenoxy) is 1. The molecule has 0 aliphatic heterocycles. The van der Waals surface area contributed by atoms with E-state index in [4.69, 9.17) is 9.15 Å². The number of aryl methyl sites for hydroxylation is 1. The fraction of sp³-hybridized carbons (Fsp3) is 0.227. The molecule has 0 saturated carbocycles. The summed E-state index contributed by atoms with van der Waals surface area (Å²) in [6, 6.07) is 8.35. The minimum absolute atomic E-state index is 0.0427. The van der Waals surface area contributed by atoms with Crippen molar-refractivity contribution in [1.82, 2.24) is 0 Å². The Morgan fingerprint density at radius 1 is 0.968 bits per heavy atom. The van der Waals surface area contributed by atoms with E-state index in [9.17, 15) is 26.7 Å². The van der Waals surface area contributed by atoms with Crippen LogP contribution in [0.1, 0.15) is 47.2 Å². The predicted octanol–water partition coefficient (Wildman–Crippen LogP) is 6.24. The van der Waals surface area contributed by atoms with Crippen molar-refractivity contribution >= 4 is 11.6 Å². The van der Waals surface area contributed by atoms with Gasteiger partial charge in [-0.05, 0) is 42.2 Å². The maximum Gasteiger partial charge on any atom is 0.291 e. The van der Waals surface area contributed by atoms with Crippen LogP contribution in [0.5, 0.6) is 5.75 Å². The Kier molecular flexibility index (Phi) is 6.33. The van der Waals surface area contributed by atoms with E-state index in [1.807, 2.05) is 39.0 Å². The predicted molar refractivity (Wildman–Crippen MR) is 102 cm³/mol. The Hall–Kier alpha value is -3.36. The van der Waals surface area contributed by atoms with Crippen LogP contribution in [0.4, 0.5) is 27.6 Å². The molecule has 1 aromatic heterocycles.